The number of aromatic nitrogens is 1. The molecule has 0 bridgehead atoms. The van der Waals surface area contributed by atoms with E-state index in [1.807, 2.05) is 6.07 Å². The summed E-state index contributed by atoms with van der Waals surface area (Å²) < 4.78 is 0. The zero-order valence-corrected chi connectivity index (χ0v) is 12.0. The maximum absolute atomic E-state index is 12.5. The van der Waals surface area contributed by atoms with Crippen molar-refractivity contribution in [1.82, 2.24) is 9.88 Å². The highest BCUT2D eigenvalue weighted by Crippen LogP contribution is 2.24. The third-order valence-corrected chi connectivity index (χ3v) is 4.24. The second-order valence-electron chi connectivity index (χ2n) is 5.49. The van der Waals surface area contributed by atoms with Crippen molar-refractivity contribution in [1.29, 1.82) is 0 Å². The Morgan fingerprint density at radius 3 is 2.71 bits per heavy atom. The van der Waals surface area contributed by atoms with Crippen molar-refractivity contribution in [2.45, 2.75) is 25.3 Å². The first-order chi connectivity index (χ1) is 10.2. The fraction of sp³-hybridized carbons (Fsp3) is 0.294. The molecular weight excluding hydrogens is 264 g/mol. The highest BCUT2D eigenvalue weighted by Gasteiger charge is 2.26. The lowest BCUT2D eigenvalue weighted by Gasteiger charge is -2.32. The van der Waals surface area contributed by atoms with Gasteiger partial charge in [0.15, 0.2) is 0 Å². The fourth-order valence-electron chi connectivity index (χ4n) is 2.95. The molecule has 0 fully saturated rings. The Kier molecular flexibility index (Phi) is 3.60. The number of hydrogen-bond donors (Lipinski definition) is 1. The first-order valence-electron chi connectivity index (χ1n) is 7.18. The maximum Gasteiger partial charge on any atom is 0.260 e. The third-order valence-electron chi connectivity index (χ3n) is 4.24. The molecule has 21 heavy (non-hydrogen) atoms. The number of benzene rings is 1. The number of carbonyl (C=O) groups excluding carboxylic acids is 1. The molecule has 1 aliphatic rings. The van der Waals surface area contributed by atoms with Crippen LogP contribution >= 0.6 is 0 Å². The van der Waals surface area contributed by atoms with Gasteiger partial charge in [-0.1, -0.05) is 24.3 Å². The molecule has 1 N–H and O–H groups in total. The van der Waals surface area contributed by atoms with Crippen molar-refractivity contribution >= 4 is 5.91 Å². The quantitative estimate of drug-likeness (QED) is 0.916. The second kappa shape index (κ2) is 5.56. The first kappa shape index (κ1) is 13.6. The van der Waals surface area contributed by atoms with Gasteiger partial charge in [0.1, 0.15) is 5.56 Å². The summed E-state index contributed by atoms with van der Waals surface area (Å²) in [5, 5.41) is 0. The Labute approximate surface area is 123 Å². The van der Waals surface area contributed by atoms with Crippen LogP contribution in [0.4, 0.5) is 0 Å². The van der Waals surface area contributed by atoms with Gasteiger partial charge >= 0.3 is 0 Å². The van der Waals surface area contributed by atoms with E-state index in [9.17, 15) is 9.59 Å². The number of fused-ring (bicyclic) bond motifs is 1. The summed E-state index contributed by atoms with van der Waals surface area (Å²) in [5.74, 6) is -0.207. The van der Waals surface area contributed by atoms with Gasteiger partial charge in [0.05, 0.1) is 0 Å². The molecule has 3 rings (SSSR count). The highest BCUT2D eigenvalue weighted by molar-refractivity contribution is 5.93. The molecule has 0 saturated heterocycles. The van der Waals surface area contributed by atoms with Crippen LogP contribution in [0.25, 0.3) is 0 Å². The van der Waals surface area contributed by atoms with E-state index in [0.717, 1.165) is 19.3 Å². The summed E-state index contributed by atoms with van der Waals surface area (Å²) in [5.41, 5.74) is 2.55. The minimum absolute atomic E-state index is 0.145. The standard InChI is InChI=1S/C17H18N2O2/c1-19(17(21)15-7-4-10-18-16(15)20)14-9-8-12-5-2-3-6-13(12)11-14/h2-7,10,14H,8-9,11H2,1H3,(H,18,20). The second-order valence-corrected chi connectivity index (χ2v) is 5.49. The molecule has 0 aliphatic heterocycles. The van der Waals surface area contributed by atoms with Gasteiger partial charge in [0, 0.05) is 19.3 Å². The molecule has 0 radical (unpaired) electrons. The average Bonchev–Trinajstić information content (AvgIpc) is 2.53. The molecule has 108 valence electrons. The van der Waals surface area contributed by atoms with E-state index in [1.54, 1.807) is 24.1 Å². The SMILES string of the molecule is CN(C(=O)c1ccc[nH]c1=O)C1CCc2ccccc2C1. The van der Waals surface area contributed by atoms with Crippen LogP contribution < -0.4 is 5.56 Å². The van der Waals surface area contributed by atoms with Gasteiger partial charge in [0.25, 0.3) is 11.5 Å². The molecule has 1 amide bonds. The smallest absolute Gasteiger partial charge is 0.260 e. The predicted octanol–water partition coefficient (Wildman–Crippen LogP) is 2.00. The van der Waals surface area contributed by atoms with E-state index in [2.05, 4.69) is 23.2 Å². The molecule has 2 aromatic rings. The Bertz CT molecular complexity index is 720. The molecule has 1 atom stereocenters. The average molecular weight is 282 g/mol. The van der Waals surface area contributed by atoms with Crippen molar-refractivity contribution in [2.75, 3.05) is 7.05 Å². The van der Waals surface area contributed by atoms with Gasteiger partial charge in [-0.15, -0.1) is 0 Å². The summed E-state index contributed by atoms with van der Waals surface area (Å²) in [6.07, 6.45) is 4.30. The Hall–Kier alpha value is -2.36. The molecule has 4 nitrogen and oxygen atoms in total. The zero-order chi connectivity index (χ0) is 14.8. The van der Waals surface area contributed by atoms with Crippen LogP contribution in [0.3, 0.4) is 0 Å². The van der Waals surface area contributed by atoms with Crippen molar-refractivity contribution in [3.8, 4) is 0 Å². The van der Waals surface area contributed by atoms with Crippen molar-refractivity contribution in [2.24, 2.45) is 0 Å². The van der Waals surface area contributed by atoms with Crippen LogP contribution in [0.15, 0.2) is 47.4 Å². The van der Waals surface area contributed by atoms with Gasteiger partial charge < -0.3 is 9.88 Å². The number of nitrogens with one attached hydrogen (secondary N) is 1. The third kappa shape index (κ3) is 2.61. The summed E-state index contributed by atoms with van der Waals surface area (Å²) >= 11 is 0. The zero-order valence-electron chi connectivity index (χ0n) is 12.0. The molecule has 0 saturated carbocycles. The van der Waals surface area contributed by atoms with Crippen molar-refractivity contribution < 1.29 is 4.79 Å². The van der Waals surface area contributed by atoms with Gasteiger partial charge in [-0.3, -0.25) is 9.59 Å². The number of pyridine rings is 1. The lowest BCUT2D eigenvalue weighted by Crippen LogP contribution is -2.42. The molecule has 1 aromatic heterocycles. The molecule has 1 aliphatic carbocycles. The van der Waals surface area contributed by atoms with Gasteiger partial charge in [-0.25, -0.2) is 0 Å². The van der Waals surface area contributed by atoms with E-state index in [4.69, 9.17) is 0 Å². The monoisotopic (exact) mass is 282 g/mol. The Morgan fingerprint density at radius 2 is 1.95 bits per heavy atom. The Morgan fingerprint density at radius 1 is 1.19 bits per heavy atom. The number of likely N-dealkylation sites (N-methyl/N-ethyl adjacent to an activating group) is 1. The number of H-pyrrole nitrogens is 1. The lowest BCUT2D eigenvalue weighted by molar-refractivity contribution is 0.0717. The topological polar surface area (TPSA) is 53.2 Å². The van der Waals surface area contributed by atoms with Crippen LogP contribution in [0.1, 0.15) is 27.9 Å². The normalized spacial score (nSPS) is 17.1. The molecule has 1 aromatic carbocycles. The number of hydrogen-bond acceptors (Lipinski definition) is 2. The summed E-state index contributed by atoms with van der Waals surface area (Å²) in [6.45, 7) is 0. The summed E-state index contributed by atoms with van der Waals surface area (Å²) in [4.78, 5) is 28.5. The van der Waals surface area contributed by atoms with Gasteiger partial charge in [-0.2, -0.15) is 0 Å². The van der Waals surface area contributed by atoms with E-state index in [1.165, 1.54) is 17.3 Å². The van der Waals surface area contributed by atoms with E-state index >= 15 is 0 Å². The summed E-state index contributed by atoms with van der Waals surface area (Å²) in [7, 11) is 1.79. The number of rotatable bonds is 2. The number of aromatic amines is 1. The molecule has 1 unspecified atom stereocenters. The number of aryl methyl sites for hydroxylation is 1. The van der Waals surface area contributed by atoms with Gasteiger partial charge in [-0.05, 0) is 42.5 Å². The molecular formula is C17H18N2O2. The predicted molar refractivity (Wildman–Crippen MR) is 81.4 cm³/mol. The van der Waals surface area contributed by atoms with Crippen LogP contribution in [0, 0.1) is 0 Å². The number of amides is 1. The van der Waals surface area contributed by atoms with Crippen molar-refractivity contribution in [3.63, 3.8) is 0 Å². The van der Waals surface area contributed by atoms with Crippen LogP contribution in [0.5, 0.6) is 0 Å². The minimum Gasteiger partial charge on any atom is -0.338 e. The minimum atomic E-state index is -0.328. The Balaban J connectivity index is 1.81. The molecule has 1 heterocycles. The summed E-state index contributed by atoms with van der Waals surface area (Å²) in [6, 6.07) is 11.8. The van der Waals surface area contributed by atoms with Crippen LogP contribution in [-0.2, 0) is 12.8 Å². The van der Waals surface area contributed by atoms with Crippen LogP contribution in [0.2, 0.25) is 0 Å². The number of carbonyl (C=O) groups is 1. The lowest BCUT2D eigenvalue weighted by atomic mass is 9.87. The van der Waals surface area contributed by atoms with E-state index < -0.39 is 0 Å². The molecule has 0 spiro atoms. The van der Waals surface area contributed by atoms with E-state index in [0.29, 0.717) is 0 Å². The fourth-order valence-corrected chi connectivity index (χ4v) is 2.95. The number of nitrogens with zero attached hydrogens (tertiary/aromatic N) is 1. The van der Waals surface area contributed by atoms with E-state index in [-0.39, 0.29) is 23.1 Å². The highest BCUT2D eigenvalue weighted by atomic mass is 16.2. The van der Waals surface area contributed by atoms with Crippen molar-refractivity contribution in [3.05, 3.63) is 69.6 Å². The van der Waals surface area contributed by atoms with Gasteiger partial charge in [0.2, 0.25) is 0 Å². The van der Waals surface area contributed by atoms with Crippen LogP contribution in [-0.4, -0.2) is 28.9 Å². The molecule has 4 heteroatoms. The largest absolute Gasteiger partial charge is 0.338 e. The first-order valence-corrected chi connectivity index (χ1v) is 7.18. The maximum atomic E-state index is 12.5.